The van der Waals surface area contributed by atoms with E-state index >= 15 is 0 Å². The second kappa shape index (κ2) is 16.3. The van der Waals surface area contributed by atoms with Crippen LogP contribution in [0.15, 0.2) is 227 Å². The van der Waals surface area contributed by atoms with Gasteiger partial charge in [0, 0.05) is 55.8 Å². The fraction of sp³-hybridized carbons (Fsp3) is 0.0526. The van der Waals surface area contributed by atoms with Crippen molar-refractivity contribution in [1.29, 1.82) is 0 Å². The zero-order chi connectivity index (χ0) is 42.1. The Kier molecular flexibility index (Phi) is 9.79. The van der Waals surface area contributed by atoms with Gasteiger partial charge in [-0.1, -0.05) is 140 Å². The summed E-state index contributed by atoms with van der Waals surface area (Å²) in [7, 11) is 0. The van der Waals surface area contributed by atoms with Crippen LogP contribution in [0, 0.1) is 0 Å². The predicted molar refractivity (Wildman–Crippen MR) is 264 cm³/mol. The van der Waals surface area contributed by atoms with Gasteiger partial charge in [0.1, 0.15) is 0 Å². The number of hydrogen-bond acceptors (Lipinski definition) is 2. The second-order valence-electron chi connectivity index (χ2n) is 15.8. The lowest BCUT2D eigenvalue weighted by Gasteiger charge is -2.12. The van der Waals surface area contributed by atoms with E-state index in [2.05, 4.69) is 185 Å². The molecule has 10 aromatic rings. The lowest BCUT2D eigenvalue weighted by Crippen LogP contribution is -2.07. The maximum atomic E-state index is 5.07. The maximum absolute atomic E-state index is 5.07. The van der Waals surface area contributed by atoms with E-state index in [9.17, 15) is 0 Å². The molecule has 3 aromatic heterocycles. The molecule has 0 unspecified atom stereocenters. The van der Waals surface area contributed by atoms with Crippen molar-refractivity contribution in [2.45, 2.75) is 12.8 Å². The predicted octanol–water partition coefficient (Wildman–Crippen LogP) is 13.8. The van der Waals surface area contributed by atoms with Gasteiger partial charge in [0.25, 0.3) is 0 Å². The first-order valence-corrected chi connectivity index (χ1v) is 21.4. The van der Waals surface area contributed by atoms with Gasteiger partial charge in [0.05, 0.1) is 34.3 Å². The van der Waals surface area contributed by atoms with Gasteiger partial charge in [-0.15, -0.1) is 0 Å². The standard InChI is InChI=1S/C57H42N6/c1-58-56(40-18-7-3-8-19-40)61-57(60-38-39-16-5-2-6-17-39)44-32-33-59-51(35-44)43-29-31-50-48-25-12-14-27-53(48)63(55(50)37-43)46-23-15-20-41(34-46)42-28-30-49-47-24-11-13-26-52(47)62(54(49)36-42)45-21-9-4-10-22-45/h3-5,7-37H,1-2,6,38H2. The number of pyridine rings is 1. The first-order valence-electron chi connectivity index (χ1n) is 21.4. The molecule has 6 nitrogen and oxygen atoms in total. The SMILES string of the molecule is C=NC(=NC(=NCC1=CCCC=C1)c1ccnc(-c2ccc3c4ccccc4n(-c4cccc(-c5ccc6c7ccccc7n(-c7ccccc7)c6c5)c4)c3c2)c1)c1ccccc1. The summed E-state index contributed by atoms with van der Waals surface area (Å²) in [5.74, 6) is 1.10. The fourth-order valence-corrected chi connectivity index (χ4v) is 8.99. The molecule has 0 radical (unpaired) electrons. The first kappa shape index (κ1) is 37.8. The number of hydrogen-bond donors (Lipinski definition) is 0. The van der Waals surface area contributed by atoms with E-state index in [1.165, 1.54) is 38.2 Å². The second-order valence-corrected chi connectivity index (χ2v) is 15.8. The zero-order valence-electron chi connectivity index (χ0n) is 34.6. The Morgan fingerprint density at radius 2 is 1.13 bits per heavy atom. The van der Waals surface area contributed by atoms with Crippen LogP contribution in [-0.2, 0) is 0 Å². The van der Waals surface area contributed by atoms with E-state index in [4.69, 9.17) is 15.0 Å². The molecule has 11 rings (SSSR count). The van der Waals surface area contributed by atoms with Crippen LogP contribution >= 0.6 is 0 Å². The van der Waals surface area contributed by atoms with Crippen LogP contribution < -0.4 is 0 Å². The molecule has 6 heteroatoms. The van der Waals surface area contributed by atoms with Crippen LogP contribution in [0.3, 0.4) is 0 Å². The third kappa shape index (κ3) is 7.07. The minimum atomic E-state index is 0.516. The topological polar surface area (TPSA) is 59.8 Å². The van der Waals surface area contributed by atoms with E-state index in [1.807, 2.05) is 42.6 Å². The molecule has 0 aliphatic heterocycles. The van der Waals surface area contributed by atoms with Crippen LogP contribution in [0.1, 0.15) is 24.0 Å². The molecule has 0 fully saturated rings. The number of aromatic nitrogens is 3. The zero-order valence-corrected chi connectivity index (χ0v) is 34.6. The monoisotopic (exact) mass is 810 g/mol. The number of fused-ring (bicyclic) bond motifs is 6. The van der Waals surface area contributed by atoms with Gasteiger partial charge in [-0.3, -0.25) is 9.98 Å². The summed E-state index contributed by atoms with van der Waals surface area (Å²) in [5.41, 5.74) is 13.9. The van der Waals surface area contributed by atoms with Crippen LogP contribution in [0.5, 0.6) is 0 Å². The molecule has 1 aliphatic carbocycles. The van der Waals surface area contributed by atoms with Crippen molar-refractivity contribution in [3.8, 4) is 33.8 Å². The van der Waals surface area contributed by atoms with E-state index < -0.39 is 0 Å². The van der Waals surface area contributed by atoms with Gasteiger partial charge in [-0.05, 0) is 96.9 Å². The molecular weight excluding hydrogens is 769 g/mol. The van der Waals surface area contributed by atoms with Crippen LogP contribution in [0.25, 0.3) is 77.4 Å². The molecule has 300 valence electrons. The van der Waals surface area contributed by atoms with Crippen LogP contribution in [0.2, 0.25) is 0 Å². The van der Waals surface area contributed by atoms with Crippen molar-refractivity contribution in [3.63, 3.8) is 0 Å². The van der Waals surface area contributed by atoms with E-state index in [0.29, 0.717) is 18.2 Å². The van der Waals surface area contributed by atoms with Gasteiger partial charge in [-0.25, -0.2) is 9.98 Å². The number of nitrogens with zero attached hydrogens (tertiary/aromatic N) is 6. The summed E-state index contributed by atoms with van der Waals surface area (Å²) in [4.78, 5) is 19.3. The molecule has 0 atom stereocenters. The van der Waals surface area contributed by atoms with Gasteiger partial charge >= 0.3 is 0 Å². The molecule has 3 heterocycles. The van der Waals surface area contributed by atoms with E-state index in [-0.39, 0.29) is 0 Å². The van der Waals surface area contributed by atoms with Crippen LogP contribution in [0.4, 0.5) is 0 Å². The molecular formula is C57H42N6. The Morgan fingerprint density at radius 1 is 0.508 bits per heavy atom. The average Bonchev–Trinajstić information content (AvgIpc) is 3.87. The third-order valence-corrected chi connectivity index (χ3v) is 12.0. The van der Waals surface area contributed by atoms with Crippen molar-refractivity contribution in [1.82, 2.24) is 14.1 Å². The summed E-state index contributed by atoms with van der Waals surface area (Å²) in [5, 5.41) is 4.85. The summed E-state index contributed by atoms with van der Waals surface area (Å²) < 4.78 is 4.76. The molecule has 0 amide bonds. The van der Waals surface area contributed by atoms with Gasteiger partial charge in [-0.2, -0.15) is 0 Å². The fourth-order valence-electron chi connectivity index (χ4n) is 8.99. The number of allylic oxidation sites excluding steroid dienone is 2. The van der Waals surface area contributed by atoms with Crippen molar-refractivity contribution in [2.75, 3.05) is 6.54 Å². The smallest absolute Gasteiger partial charge is 0.161 e. The molecule has 7 aromatic carbocycles. The molecule has 0 N–H and O–H groups in total. The number of amidine groups is 2. The quantitative estimate of drug-likeness (QED) is 0.111. The molecule has 0 saturated carbocycles. The highest BCUT2D eigenvalue weighted by atomic mass is 15.0. The summed E-state index contributed by atoms with van der Waals surface area (Å²) in [6.07, 6.45) is 10.5. The Morgan fingerprint density at radius 3 is 1.84 bits per heavy atom. The highest BCUT2D eigenvalue weighted by Gasteiger charge is 2.17. The number of benzene rings is 7. The Labute approximate surface area is 365 Å². The van der Waals surface area contributed by atoms with Crippen molar-refractivity contribution in [2.24, 2.45) is 15.0 Å². The van der Waals surface area contributed by atoms with E-state index in [0.717, 1.165) is 68.8 Å². The summed E-state index contributed by atoms with van der Waals surface area (Å²) >= 11 is 0. The molecule has 63 heavy (non-hydrogen) atoms. The minimum Gasteiger partial charge on any atom is -0.309 e. The highest BCUT2D eigenvalue weighted by Crippen LogP contribution is 2.38. The highest BCUT2D eigenvalue weighted by molar-refractivity contribution is 6.14. The number of para-hydroxylation sites is 3. The lowest BCUT2D eigenvalue weighted by molar-refractivity contribution is 0.994. The first-order chi connectivity index (χ1) is 31.2. The average molecular weight is 811 g/mol. The Hall–Kier alpha value is -8.22. The minimum absolute atomic E-state index is 0.516. The van der Waals surface area contributed by atoms with Crippen LogP contribution in [-0.4, -0.2) is 39.1 Å². The number of rotatable bonds is 8. The molecule has 0 bridgehead atoms. The lowest BCUT2D eigenvalue weighted by atomic mass is 10.0. The molecule has 0 spiro atoms. The molecule has 1 aliphatic rings. The van der Waals surface area contributed by atoms with Crippen molar-refractivity contribution < 1.29 is 0 Å². The Bertz CT molecular complexity index is 3490. The van der Waals surface area contributed by atoms with Crippen molar-refractivity contribution in [3.05, 3.63) is 223 Å². The largest absolute Gasteiger partial charge is 0.309 e. The van der Waals surface area contributed by atoms with Gasteiger partial charge in [0.2, 0.25) is 0 Å². The van der Waals surface area contributed by atoms with Gasteiger partial charge in [0.15, 0.2) is 11.7 Å². The third-order valence-electron chi connectivity index (χ3n) is 12.0. The number of aliphatic imine (C=N–C) groups is 3. The molecule has 0 saturated heterocycles. The maximum Gasteiger partial charge on any atom is 0.161 e. The summed E-state index contributed by atoms with van der Waals surface area (Å²) in [6, 6.07) is 64.3. The van der Waals surface area contributed by atoms with Crippen molar-refractivity contribution >= 4 is 62.0 Å². The van der Waals surface area contributed by atoms with Gasteiger partial charge < -0.3 is 9.13 Å². The summed E-state index contributed by atoms with van der Waals surface area (Å²) in [6.45, 7) is 4.38. The normalized spacial score (nSPS) is 13.3. The van der Waals surface area contributed by atoms with E-state index in [1.54, 1.807) is 0 Å². The Balaban J connectivity index is 1.02.